The number of aryl methyl sites for hydroxylation is 1. The van der Waals surface area contributed by atoms with Crippen molar-refractivity contribution in [2.45, 2.75) is 19.9 Å². The van der Waals surface area contributed by atoms with Gasteiger partial charge in [-0.3, -0.25) is 4.79 Å². The number of aromatic nitrogens is 4. The normalized spacial score (nSPS) is 12.3. The highest BCUT2D eigenvalue weighted by Gasteiger charge is 2.14. The largest absolute Gasteiger partial charge is 0.481 e. The molecule has 1 atom stereocenters. The van der Waals surface area contributed by atoms with Gasteiger partial charge in [-0.1, -0.05) is 18.5 Å². The van der Waals surface area contributed by atoms with Crippen LogP contribution >= 0.6 is 34.2 Å². The Morgan fingerprint density at radius 2 is 2.30 bits per heavy atom. The highest BCUT2D eigenvalue weighted by atomic mass is 127. The maximum absolute atomic E-state index is 10.8. The van der Waals surface area contributed by atoms with Crippen molar-refractivity contribution >= 4 is 40.2 Å². The summed E-state index contributed by atoms with van der Waals surface area (Å²) in [6.07, 6.45) is 0.464. The van der Waals surface area contributed by atoms with Crippen molar-refractivity contribution in [1.29, 1.82) is 0 Å². The molecule has 1 heterocycles. The van der Waals surface area contributed by atoms with Crippen molar-refractivity contribution in [3.8, 4) is 11.4 Å². The fraction of sp³-hybridized carbons (Fsp3) is 0.333. The molecule has 0 aliphatic heterocycles. The summed E-state index contributed by atoms with van der Waals surface area (Å²) in [5.74, 6) is -0.676. The van der Waals surface area contributed by atoms with Gasteiger partial charge in [-0.2, -0.15) is 0 Å². The molecule has 0 aliphatic carbocycles. The molecule has 1 unspecified atom stereocenters. The van der Waals surface area contributed by atoms with Crippen molar-refractivity contribution in [1.82, 2.24) is 20.2 Å². The third-order valence-corrected chi connectivity index (χ3v) is 4.48. The molecule has 0 saturated heterocycles. The highest BCUT2D eigenvalue weighted by molar-refractivity contribution is 14.1. The van der Waals surface area contributed by atoms with Crippen LogP contribution < -0.4 is 0 Å². The van der Waals surface area contributed by atoms with E-state index in [9.17, 15) is 4.79 Å². The second-order valence-corrected chi connectivity index (χ2v) is 5.95. The van der Waals surface area contributed by atoms with Crippen LogP contribution in [0.1, 0.15) is 13.3 Å². The van der Waals surface area contributed by atoms with Gasteiger partial charge in [0.2, 0.25) is 0 Å². The predicted molar refractivity (Wildman–Crippen MR) is 82.4 cm³/mol. The van der Waals surface area contributed by atoms with Crippen molar-refractivity contribution in [3.05, 3.63) is 26.8 Å². The monoisotopic (exact) mass is 406 g/mol. The van der Waals surface area contributed by atoms with Crippen LogP contribution in [0.2, 0.25) is 5.02 Å². The van der Waals surface area contributed by atoms with E-state index in [1.54, 1.807) is 17.7 Å². The Bertz CT molecular complexity index is 632. The number of hydrogen-bond acceptors (Lipinski definition) is 4. The molecule has 1 aromatic heterocycles. The van der Waals surface area contributed by atoms with E-state index in [0.717, 1.165) is 9.13 Å². The number of carboxylic acids is 1. The van der Waals surface area contributed by atoms with Gasteiger partial charge in [-0.05, 0) is 57.6 Å². The number of nitrogens with zero attached hydrogens (tertiary/aromatic N) is 4. The Hall–Kier alpha value is -1.22. The van der Waals surface area contributed by atoms with Crippen LogP contribution in [0.15, 0.2) is 18.2 Å². The van der Waals surface area contributed by atoms with E-state index in [0.29, 0.717) is 23.8 Å². The molecular formula is C12H12ClIN4O2. The van der Waals surface area contributed by atoms with Gasteiger partial charge in [0.25, 0.3) is 0 Å². The maximum Gasteiger partial charge on any atom is 0.306 e. The molecular weight excluding hydrogens is 395 g/mol. The summed E-state index contributed by atoms with van der Waals surface area (Å²) in [4.78, 5) is 10.8. The van der Waals surface area contributed by atoms with Crippen LogP contribution in [0.5, 0.6) is 0 Å². The maximum atomic E-state index is 10.8. The number of carboxylic acid groups (broad SMARTS) is 1. The van der Waals surface area contributed by atoms with Gasteiger partial charge >= 0.3 is 5.97 Å². The molecule has 0 radical (unpaired) electrons. The third-order valence-electron chi connectivity index (χ3n) is 2.91. The van der Waals surface area contributed by atoms with Crippen LogP contribution in [-0.4, -0.2) is 31.3 Å². The SMILES string of the molecule is CC(CCn1nnnc1-c1ccc(I)c(Cl)c1)C(=O)O. The van der Waals surface area contributed by atoms with Crippen LogP contribution in [0.3, 0.4) is 0 Å². The third kappa shape index (κ3) is 3.45. The van der Waals surface area contributed by atoms with Crippen LogP contribution in [-0.2, 0) is 11.3 Å². The van der Waals surface area contributed by atoms with Crippen molar-refractivity contribution in [3.63, 3.8) is 0 Å². The van der Waals surface area contributed by atoms with E-state index in [-0.39, 0.29) is 0 Å². The van der Waals surface area contributed by atoms with E-state index in [4.69, 9.17) is 16.7 Å². The molecule has 0 bridgehead atoms. The molecule has 2 aromatic rings. The smallest absolute Gasteiger partial charge is 0.306 e. The first kappa shape index (κ1) is 15.2. The lowest BCUT2D eigenvalue weighted by Crippen LogP contribution is -2.14. The Labute approximate surface area is 134 Å². The molecule has 1 N–H and O–H groups in total. The summed E-state index contributed by atoms with van der Waals surface area (Å²) in [6.45, 7) is 2.10. The molecule has 0 fully saturated rings. The van der Waals surface area contributed by atoms with Gasteiger partial charge in [-0.25, -0.2) is 4.68 Å². The summed E-state index contributed by atoms with van der Waals surface area (Å²) >= 11 is 8.23. The zero-order chi connectivity index (χ0) is 14.7. The molecule has 6 nitrogen and oxygen atoms in total. The lowest BCUT2D eigenvalue weighted by Gasteiger charge is -2.08. The van der Waals surface area contributed by atoms with E-state index < -0.39 is 11.9 Å². The number of carbonyl (C=O) groups is 1. The van der Waals surface area contributed by atoms with E-state index >= 15 is 0 Å². The molecule has 20 heavy (non-hydrogen) atoms. The fourth-order valence-electron chi connectivity index (χ4n) is 1.64. The first-order valence-corrected chi connectivity index (χ1v) is 7.39. The molecule has 1 aromatic carbocycles. The van der Waals surface area contributed by atoms with Crippen LogP contribution in [0.4, 0.5) is 0 Å². The zero-order valence-electron chi connectivity index (χ0n) is 10.6. The summed E-state index contributed by atoms with van der Waals surface area (Å²) in [5, 5.41) is 21.0. The molecule has 0 saturated carbocycles. The van der Waals surface area contributed by atoms with E-state index in [2.05, 4.69) is 38.1 Å². The minimum absolute atomic E-state index is 0.438. The average Bonchev–Trinajstić information content (AvgIpc) is 2.87. The molecule has 106 valence electrons. The van der Waals surface area contributed by atoms with Gasteiger partial charge in [0.05, 0.1) is 10.9 Å². The summed E-state index contributed by atoms with van der Waals surface area (Å²) in [6, 6.07) is 5.57. The number of tetrazole rings is 1. The summed E-state index contributed by atoms with van der Waals surface area (Å²) in [5.41, 5.74) is 0.809. The number of rotatable bonds is 5. The lowest BCUT2D eigenvalue weighted by atomic mass is 10.1. The first-order valence-electron chi connectivity index (χ1n) is 5.93. The van der Waals surface area contributed by atoms with Crippen molar-refractivity contribution < 1.29 is 9.90 Å². The quantitative estimate of drug-likeness (QED) is 0.772. The second kappa shape index (κ2) is 6.49. The topological polar surface area (TPSA) is 80.9 Å². The van der Waals surface area contributed by atoms with Crippen molar-refractivity contribution in [2.75, 3.05) is 0 Å². The van der Waals surface area contributed by atoms with Gasteiger partial charge in [0, 0.05) is 15.7 Å². The van der Waals surface area contributed by atoms with Gasteiger partial charge in [0.1, 0.15) is 0 Å². The molecule has 8 heteroatoms. The van der Waals surface area contributed by atoms with E-state index in [1.807, 2.05) is 12.1 Å². The second-order valence-electron chi connectivity index (χ2n) is 4.38. The number of hydrogen-bond donors (Lipinski definition) is 1. The molecule has 2 rings (SSSR count). The van der Waals surface area contributed by atoms with Gasteiger partial charge in [0.15, 0.2) is 5.82 Å². The van der Waals surface area contributed by atoms with Gasteiger partial charge < -0.3 is 5.11 Å². The number of benzene rings is 1. The molecule has 0 spiro atoms. The summed E-state index contributed by atoms with van der Waals surface area (Å²) < 4.78 is 2.55. The average molecular weight is 407 g/mol. The van der Waals surface area contributed by atoms with Gasteiger partial charge in [-0.15, -0.1) is 5.10 Å². The minimum atomic E-state index is -0.822. The zero-order valence-corrected chi connectivity index (χ0v) is 13.5. The lowest BCUT2D eigenvalue weighted by molar-refractivity contribution is -0.141. The predicted octanol–water partition coefficient (Wildman–Crippen LogP) is 2.71. The number of aliphatic carboxylic acids is 1. The number of halogens is 2. The molecule has 0 amide bonds. The fourth-order valence-corrected chi connectivity index (χ4v) is 2.15. The Morgan fingerprint density at radius 1 is 1.55 bits per heavy atom. The Balaban J connectivity index is 2.19. The van der Waals surface area contributed by atoms with Crippen molar-refractivity contribution in [2.24, 2.45) is 5.92 Å². The molecule has 0 aliphatic rings. The van der Waals surface area contributed by atoms with Crippen LogP contribution in [0, 0.1) is 9.49 Å². The summed E-state index contributed by atoms with van der Waals surface area (Å²) in [7, 11) is 0. The highest BCUT2D eigenvalue weighted by Crippen LogP contribution is 2.25. The van der Waals surface area contributed by atoms with E-state index in [1.165, 1.54) is 0 Å². The Morgan fingerprint density at radius 3 is 2.95 bits per heavy atom. The first-order chi connectivity index (χ1) is 9.49. The van der Waals surface area contributed by atoms with Crippen LogP contribution in [0.25, 0.3) is 11.4 Å². The Kier molecular flexibility index (Phi) is 4.92. The standard InChI is InChI=1S/C12H12ClIN4O2/c1-7(12(19)20)4-5-18-11(15-16-17-18)8-2-3-10(14)9(13)6-8/h2-3,6-7H,4-5H2,1H3,(H,19,20). The minimum Gasteiger partial charge on any atom is -0.481 e.